The summed E-state index contributed by atoms with van der Waals surface area (Å²) >= 11 is 0. The normalized spacial score (nSPS) is 18.5. The first-order valence-corrected chi connectivity index (χ1v) is 8.40. The molecule has 128 valence electrons. The summed E-state index contributed by atoms with van der Waals surface area (Å²) in [5.74, 6) is -0.0400. The van der Waals surface area contributed by atoms with E-state index in [0.717, 1.165) is 39.1 Å². The number of likely N-dealkylation sites (N-methyl/N-ethyl adjacent to an activating group) is 1. The van der Waals surface area contributed by atoms with Crippen LogP contribution in [0.3, 0.4) is 0 Å². The molecule has 1 heterocycles. The number of carbonyl (C=O) groups is 2. The molecule has 0 bridgehead atoms. The van der Waals surface area contributed by atoms with E-state index in [2.05, 4.69) is 29.0 Å². The number of likely N-dealkylation sites (tertiary alicyclic amines) is 1. The highest BCUT2D eigenvalue weighted by molar-refractivity contribution is 5.89. The van der Waals surface area contributed by atoms with Crippen molar-refractivity contribution in [3.8, 4) is 0 Å². The molecule has 1 aliphatic heterocycles. The van der Waals surface area contributed by atoms with Crippen molar-refractivity contribution in [1.82, 2.24) is 20.0 Å². The Morgan fingerprint density at radius 1 is 1.27 bits per heavy atom. The van der Waals surface area contributed by atoms with Crippen LogP contribution >= 0.6 is 0 Å². The fourth-order valence-electron chi connectivity index (χ4n) is 2.76. The molecule has 0 aromatic carbocycles. The Labute approximate surface area is 134 Å². The number of nitrogens with zero attached hydrogens (tertiary/aromatic N) is 3. The Hall–Kier alpha value is -1.14. The number of carbonyl (C=O) groups excluding carboxylic acids is 2. The van der Waals surface area contributed by atoms with Gasteiger partial charge in [0.2, 0.25) is 11.8 Å². The summed E-state index contributed by atoms with van der Waals surface area (Å²) in [4.78, 5) is 30.3. The molecule has 0 aromatic rings. The van der Waals surface area contributed by atoms with Crippen molar-refractivity contribution >= 4 is 11.8 Å². The quantitative estimate of drug-likeness (QED) is 0.628. The van der Waals surface area contributed by atoms with Crippen molar-refractivity contribution in [3.63, 3.8) is 0 Å². The molecule has 6 heteroatoms. The molecule has 1 N–H and O–H groups in total. The number of hydrogen-bond donors (Lipinski definition) is 1. The largest absolute Gasteiger partial charge is 0.355 e. The van der Waals surface area contributed by atoms with E-state index in [9.17, 15) is 9.59 Å². The van der Waals surface area contributed by atoms with Gasteiger partial charge in [0, 0.05) is 32.6 Å². The van der Waals surface area contributed by atoms with Crippen molar-refractivity contribution in [2.45, 2.75) is 26.7 Å². The van der Waals surface area contributed by atoms with Gasteiger partial charge in [0.25, 0.3) is 0 Å². The third kappa shape index (κ3) is 6.32. The molecule has 1 atom stereocenters. The Morgan fingerprint density at radius 2 is 1.95 bits per heavy atom. The third-order valence-electron chi connectivity index (χ3n) is 4.24. The average molecular weight is 312 g/mol. The van der Waals surface area contributed by atoms with Crippen LogP contribution in [0.4, 0.5) is 0 Å². The molecule has 0 saturated carbocycles. The predicted octanol–water partition coefficient (Wildman–Crippen LogP) is 0.245. The summed E-state index contributed by atoms with van der Waals surface area (Å²) < 4.78 is 0. The van der Waals surface area contributed by atoms with Crippen molar-refractivity contribution in [3.05, 3.63) is 0 Å². The van der Waals surface area contributed by atoms with Crippen LogP contribution in [0.25, 0.3) is 0 Å². The van der Waals surface area contributed by atoms with E-state index in [-0.39, 0.29) is 17.7 Å². The Balaban J connectivity index is 2.28. The lowest BCUT2D eigenvalue weighted by Crippen LogP contribution is -2.38. The molecule has 1 rings (SSSR count). The van der Waals surface area contributed by atoms with Crippen molar-refractivity contribution in [2.24, 2.45) is 5.92 Å². The minimum atomic E-state index is -0.177. The van der Waals surface area contributed by atoms with E-state index in [1.807, 2.05) is 19.0 Å². The Bertz CT molecular complexity index is 356. The minimum Gasteiger partial charge on any atom is -0.355 e. The molecule has 1 fully saturated rings. The zero-order chi connectivity index (χ0) is 16.5. The van der Waals surface area contributed by atoms with Crippen LogP contribution in [0.2, 0.25) is 0 Å². The first-order valence-electron chi connectivity index (χ1n) is 8.40. The van der Waals surface area contributed by atoms with Crippen LogP contribution in [0.5, 0.6) is 0 Å². The molecule has 6 nitrogen and oxygen atoms in total. The van der Waals surface area contributed by atoms with Crippen LogP contribution in [-0.4, -0.2) is 86.4 Å². The SMILES string of the molecule is CCN(CC)CCNC(=O)C1CC(=O)N(CCCN(C)C)C1. The highest BCUT2D eigenvalue weighted by Crippen LogP contribution is 2.18. The van der Waals surface area contributed by atoms with E-state index < -0.39 is 0 Å². The fraction of sp³-hybridized carbons (Fsp3) is 0.875. The van der Waals surface area contributed by atoms with Crippen LogP contribution in [-0.2, 0) is 9.59 Å². The Kier molecular flexibility index (Phi) is 8.42. The smallest absolute Gasteiger partial charge is 0.225 e. The molecular weight excluding hydrogens is 280 g/mol. The van der Waals surface area contributed by atoms with Gasteiger partial charge in [0.1, 0.15) is 0 Å². The van der Waals surface area contributed by atoms with Crippen LogP contribution in [0, 0.1) is 5.92 Å². The van der Waals surface area contributed by atoms with Crippen molar-refractivity contribution in [1.29, 1.82) is 0 Å². The van der Waals surface area contributed by atoms with E-state index >= 15 is 0 Å². The van der Waals surface area contributed by atoms with Gasteiger partial charge in [-0.05, 0) is 40.2 Å². The first kappa shape index (κ1) is 18.9. The van der Waals surface area contributed by atoms with Crippen LogP contribution in [0.15, 0.2) is 0 Å². The lowest BCUT2D eigenvalue weighted by molar-refractivity contribution is -0.129. The molecular formula is C16H32N4O2. The topological polar surface area (TPSA) is 55.9 Å². The molecule has 22 heavy (non-hydrogen) atoms. The van der Waals surface area contributed by atoms with Crippen molar-refractivity contribution < 1.29 is 9.59 Å². The predicted molar refractivity (Wildman–Crippen MR) is 88.7 cm³/mol. The second-order valence-corrected chi connectivity index (χ2v) is 6.22. The molecule has 0 aromatic heterocycles. The number of amides is 2. The van der Waals surface area contributed by atoms with Gasteiger partial charge in [-0.3, -0.25) is 9.59 Å². The first-order chi connectivity index (χ1) is 10.5. The van der Waals surface area contributed by atoms with Gasteiger partial charge < -0.3 is 20.0 Å². The standard InChI is InChI=1S/C16H32N4O2/c1-5-19(6-2)11-8-17-16(22)14-12-15(21)20(13-14)10-7-9-18(3)4/h14H,5-13H2,1-4H3,(H,17,22). The number of hydrogen-bond acceptors (Lipinski definition) is 4. The zero-order valence-corrected chi connectivity index (χ0v) is 14.6. The van der Waals surface area contributed by atoms with Gasteiger partial charge in [-0.25, -0.2) is 0 Å². The summed E-state index contributed by atoms with van der Waals surface area (Å²) in [6, 6.07) is 0. The molecule has 1 saturated heterocycles. The highest BCUT2D eigenvalue weighted by Gasteiger charge is 2.33. The van der Waals surface area contributed by atoms with E-state index in [1.165, 1.54) is 0 Å². The average Bonchev–Trinajstić information content (AvgIpc) is 2.84. The van der Waals surface area contributed by atoms with Crippen molar-refractivity contribution in [2.75, 3.05) is 59.9 Å². The second kappa shape index (κ2) is 9.79. The van der Waals surface area contributed by atoms with Gasteiger partial charge in [0.05, 0.1) is 5.92 Å². The zero-order valence-electron chi connectivity index (χ0n) is 14.6. The van der Waals surface area contributed by atoms with Gasteiger partial charge >= 0.3 is 0 Å². The minimum absolute atomic E-state index is 0.0237. The summed E-state index contributed by atoms with van der Waals surface area (Å²) in [6.45, 7) is 10.0. The molecule has 0 aliphatic carbocycles. The van der Waals surface area contributed by atoms with Crippen LogP contribution < -0.4 is 5.32 Å². The van der Waals surface area contributed by atoms with E-state index in [0.29, 0.717) is 19.5 Å². The maximum atomic E-state index is 12.2. The monoisotopic (exact) mass is 312 g/mol. The van der Waals surface area contributed by atoms with Crippen LogP contribution in [0.1, 0.15) is 26.7 Å². The summed E-state index contributed by atoms with van der Waals surface area (Å²) in [5, 5.41) is 2.97. The van der Waals surface area contributed by atoms with Gasteiger partial charge in [-0.2, -0.15) is 0 Å². The summed E-state index contributed by atoms with van der Waals surface area (Å²) in [5.41, 5.74) is 0. The summed E-state index contributed by atoms with van der Waals surface area (Å²) in [7, 11) is 4.05. The Morgan fingerprint density at radius 3 is 2.55 bits per heavy atom. The van der Waals surface area contributed by atoms with Gasteiger partial charge in [0.15, 0.2) is 0 Å². The summed E-state index contributed by atoms with van der Waals surface area (Å²) in [6.07, 6.45) is 1.31. The number of rotatable bonds is 10. The molecule has 0 spiro atoms. The third-order valence-corrected chi connectivity index (χ3v) is 4.24. The maximum Gasteiger partial charge on any atom is 0.225 e. The lowest BCUT2D eigenvalue weighted by Gasteiger charge is -2.19. The van der Waals surface area contributed by atoms with Gasteiger partial charge in [-0.1, -0.05) is 13.8 Å². The van der Waals surface area contributed by atoms with E-state index in [1.54, 1.807) is 0 Å². The highest BCUT2D eigenvalue weighted by atomic mass is 16.2. The lowest BCUT2D eigenvalue weighted by atomic mass is 10.1. The fourth-order valence-corrected chi connectivity index (χ4v) is 2.76. The molecule has 0 radical (unpaired) electrons. The molecule has 2 amide bonds. The second-order valence-electron chi connectivity index (χ2n) is 6.22. The number of nitrogens with one attached hydrogen (secondary N) is 1. The maximum absolute atomic E-state index is 12.2. The van der Waals surface area contributed by atoms with Gasteiger partial charge in [-0.15, -0.1) is 0 Å². The van der Waals surface area contributed by atoms with E-state index in [4.69, 9.17) is 0 Å². The molecule has 1 aliphatic rings. The molecule has 1 unspecified atom stereocenters.